The normalized spacial score (nSPS) is 12.5. The van der Waals surface area contributed by atoms with Crippen LogP contribution in [0.4, 0.5) is 0 Å². The molecule has 0 bridgehead atoms. The molecule has 2 N–H and O–H groups in total. The van der Waals surface area contributed by atoms with Gasteiger partial charge in [-0.25, -0.2) is 0 Å². The zero-order valence-electron chi connectivity index (χ0n) is 8.99. The number of hydrogen-bond donors (Lipinski definition) is 1. The minimum atomic E-state index is 0.549. The molecule has 0 aliphatic carbocycles. The van der Waals surface area contributed by atoms with Crippen LogP contribution in [0.15, 0.2) is 24.3 Å². The molecule has 0 saturated heterocycles. The Morgan fingerprint density at radius 2 is 1.93 bits per heavy atom. The SMILES string of the molecule is CCOc1ccc(CC(C)CN)cc1. The molecule has 2 heteroatoms. The summed E-state index contributed by atoms with van der Waals surface area (Å²) in [6.45, 7) is 5.62. The molecule has 0 heterocycles. The van der Waals surface area contributed by atoms with Gasteiger partial charge in [0.1, 0.15) is 5.75 Å². The summed E-state index contributed by atoms with van der Waals surface area (Å²) in [4.78, 5) is 0. The molecule has 0 saturated carbocycles. The van der Waals surface area contributed by atoms with E-state index < -0.39 is 0 Å². The van der Waals surface area contributed by atoms with Gasteiger partial charge in [0, 0.05) is 0 Å². The van der Waals surface area contributed by atoms with Crippen molar-refractivity contribution in [1.82, 2.24) is 0 Å². The monoisotopic (exact) mass is 193 g/mol. The van der Waals surface area contributed by atoms with Crippen LogP contribution in [0.1, 0.15) is 19.4 Å². The lowest BCUT2D eigenvalue weighted by atomic mass is 10.0. The fourth-order valence-electron chi connectivity index (χ4n) is 1.37. The van der Waals surface area contributed by atoms with E-state index in [1.54, 1.807) is 0 Å². The van der Waals surface area contributed by atoms with Crippen LogP contribution in [-0.2, 0) is 6.42 Å². The highest BCUT2D eigenvalue weighted by atomic mass is 16.5. The second kappa shape index (κ2) is 5.66. The van der Waals surface area contributed by atoms with Crippen LogP contribution >= 0.6 is 0 Å². The van der Waals surface area contributed by atoms with Crippen molar-refractivity contribution in [2.24, 2.45) is 11.7 Å². The van der Waals surface area contributed by atoms with E-state index in [-0.39, 0.29) is 0 Å². The Balaban J connectivity index is 2.54. The van der Waals surface area contributed by atoms with Crippen molar-refractivity contribution in [1.29, 1.82) is 0 Å². The van der Waals surface area contributed by atoms with Crippen molar-refractivity contribution in [3.05, 3.63) is 29.8 Å². The van der Waals surface area contributed by atoms with E-state index in [0.29, 0.717) is 5.92 Å². The van der Waals surface area contributed by atoms with E-state index >= 15 is 0 Å². The number of ether oxygens (including phenoxy) is 1. The molecule has 1 rings (SSSR count). The van der Waals surface area contributed by atoms with Gasteiger partial charge in [0.05, 0.1) is 6.61 Å². The van der Waals surface area contributed by atoms with Crippen LogP contribution in [0.2, 0.25) is 0 Å². The Kier molecular flexibility index (Phi) is 4.47. The van der Waals surface area contributed by atoms with Crippen LogP contribution in [0.5, 0.6) is 5.75 Å². The quantitative estimate of drug-likeness (QED) is 0.778. The first kappa shape index (κ1) is 11.1. The summed E-state index contributed by atoms with van der Waals surface area (Å²) in [5, 5.41) is 0. The number of hydrogen-bond acceptors (Lipinski definition) is 2. The maximum atomic E-state index is 5.57. The van der Waals surface area contributed by atoms with Gasteiger partial charge in [-0.2, -0.15) is 0 Å². The van der Waals surface area contributed by atoms with Crippen molar-refractivity contribution in [3.8, 4) is 5.75 Å². The average Bonchev–Trinajstić information content (AvgIpc) is 2.21. The first-order chi connectivity index (χ1) is 6.76. The molecular formula is C12H19NO. The van der Waals surface area contributed by atoms with Crippen molar-refractivity contribution in [3.63, 3.8) is 0 Å². The largest absolute Gasteiger partial charge is 0.494 e. The third-order valence-corrected chi connectivity index (χ3v) is 2.22. The molecule has 0 amide bonds. The van der Waals surface area contributed by atoms with Crippen LogP contribution in [0.25, 0.3) is 0 Å². The average molecular weight is 193 g/mol. The lowest BCUT2D eigenvalue weighted by Crippen LogP contribution is -2.12. The topological polar surface area (TPSA) is 35.2 Å². The second-order valence-corrected chi connectivity index (χ2v) is 3.62. The molecule has 0 spiro atoms. The summed E-state index contributed by atoms with van der Waals surface area (Å²) in [6, 6.07) is 8.25. The highest BCUT2D eigenvalue weighted by Crippen LogP contribution is 2.14. The highest BCUT2D eigenvalue weighted by molar-refractivity contribution is 5.27. The highest BCUT2D eigenvalue weighted by Gasteiger charge is 2.01. The fraction of sp³-hybridized carbons (Fsp3) is 0.500. The molecular weight excluding hydrogens is 174 g/mol. The number of benzene rings is 1. The van der Waals surface area contributed by atoms with Gasteiger partial charge in [-0.1, -0.05) is 19.1 Å². The number of rotatable bonds is 5. The van der Waals surface area contributed by atoms with E-state index in [1.807, 2.05) is 19.1 Å². The van der Waals surface area contributed by atoms with Gasteiger partial charge >= 0.3 is 0 Å². The lowest BCUT2D eigenvalue weighted by molar-refractivity contribution is 0.340. The van der Waals surface area contributed by atoms with E-state index in [4.69, 9.17) is 10.5 Å². The minimum absolute atomic E-state index is 0.549. The first-order valence-electron chi connectivity index (χ1n) is 5.18. The zero-order valence-corrected chi connectivity index (χ0v) is 8.99. The van der Waals surface area contributed by atoms with E-state index in [9.17, 15) is 0 Å². The molecule has 2 nitrogen and oxygen atoms in total. The van der Waals surface area contributed by atoms with E-state index in [0.717, 1.165) is 25.3 Å². The van der Waals surface area contributed by atoms with Gasteiger partial charge in [-0.05, 0) is 43.5 Å². The Morgan fingerprint density at radius 1 is 1.29 bits per heavy atom. The Morgan fingerprint density at radius 3 is 2.43 bits per heavy atom. The maximum Gasteiger partial charge on any atom is 0.119 e. The summed E-state index contributed by atoms with van der Waals surface area (Å²) < 4.78 is 5.37. The molecule has 0 aliphatic rings. The first-order valence-corrected chi connectivity index (χ1v) is 5.18. The third-order valence-electron chi connectivity index (χ3n) is 2.22. The molecule has 14 heavy (non-hydrogen) atoms. The van der Waals surface area contributed by atoms with Crippen molar-refractivity contribution >= 4 is 0 Å². The smallest absolute Gasteiger partial charge is 0.119 e. The molecule has 78 valence electrons. The molecule has 1 aromatic rings. The predicted octanol–water partition coefficient (Wildman–Crippen LogP) is 2.22. The Bertz CT molecular complexity index is 256. The van der Waals surface area contributed by atoms with Crippen LogP contribution in [-0.4, -0.2) is 13.2 Å². The van der Waals surface area contributed by atoms with Gasteiger partial charge in [0.15, 0.2) is 0 Å². The van der Waals surface area contributed by atoms with Crippen LogP contribution < -0.4 is 10.5 Å². The van der Waals surface area contributed by atoms with Crippen LogP contribution in [0, 0.1) is 5.92 Å². The van der Waals surface area contributed by atoms with Gasteiger partial charge in [0.2, 0.25) is 0 Å². The van der Waals surface area contributed by atoms with Gasteiger partial charge in [-0.3, -0.25) is 0 Å². The summed E-state index contributed by atoms with van der Waals surface area (Å²) in [5.41, 5.74) is 6.90. The standard InChI is InChI=1S/C12H19NO/c1-3-14-12-6-4-11(5-7-12)8-10(2)9-13/h4-7,10H,3,8-9,13H2,1-2H3. The fourth-order valence-corrected chi connectivity index (χ4v) is 1.37. The van der Waals surface area contributed by atoms with E-state index in [2.05, 4.69) is 19.1 Å². The molecule has 0 aliphatic heterocycles. The minimum Gasteiger partial charge on any atom is -0.494 e. The third kappa shape index (κ3) is 3.38. The van der Waals surface area contributed by atoms with Crippen molar-refractivity contribution in [2.45, 2.75) is 20.3 Å². The molecule has 1 atom stereocenters. The summed E-state index contributed by atoms with van der Waals surface area (Å²) in [5.74, 6) is 1.49. The summed E-state index contributed by atoms with van der Waals surface area (Å²) in [7, 11) is 0. The Hall–Kier alpha value is -1.02. The predicted molar refractivity (Wildman–Crippen MR) is 59.5 cm³/mol. The van der Waals surface area contributed by atoms with Crippen molar-refractivity contribution < 1.29 is 4.74 Å². The van der Waals surface area contributed by atoms with E-state index in [1.165, 1.54) is 5.56 Å². The number of nitrogens with two attached hydrogens (primary N) is 1. The van der Waals surface area contributed by atoms with Gasteiger partial charge < -0.3 is 10.5 Å². The molecule has 1 unspecified atom stereocenters. The molecule has 0 aromatic heterocycles. The molecule has 0 radical (unpaired) electrons. The van der Waals surface area contributed by atoms with Crippen molar-refractivity contribution in [2.75, 3.05) is 13.2 Å². The van der Waals surface area contributed by atoms with Crippen LogP contribution in [0.3, 0.4) is 0 Å². The zero-order chi connectivity index (χ0) is 10.4. The lowest BCUT2D eigenvalue weighted by Gasteiger charge is -2.09. The summed E-state index contributed by atoms with van der Waals surface area (Å²) in [6.07, 6.45) is 1.04. The molecule has 0 fully saturated rings. The summed E-state index contributed by atoms with van der Waals surface area (Å²) >= 11 is 0. The van der Waals surface area contributed by atoms with Gasteiger partial charge in [0.25, 0.3) is 0 Å². The Labute approximate surface area is 86.1 Å². The second-order valence-electron chi connectivity index (χ2n) is 3.62. The van der Waals surface area contributed by atoms with Gasteiger partial charge in [-0.15, -0.1) is 0 Å². The maximum absolute atomic E-state index is 5.57. The molecule has 1 aromatic carbocycles.